The van der Waals surface area contributed by atoms with E-state index in [0.29, 0.717) is 37.4 Å². The van der Waals surface area contributed by atoms with E-state index in [1.54, 1.807) is 35.2 Å². The summed E-state index contributed by atoms with van der Waals surface area (Å²) in [5.41, 5.74) is 2.71. The molecule has 1 aromatic heterocycles. The molecule has 0 saturated carbocycles. The van der Waals surface area contributed by atoms with Gasteiger partial charge in [0.2, 0.25) is 0 Å². The van der Waals surface area contributed by atoms with Crippen LogP contribution in [0.4, 0.5) is 11.5 Å². The summed E-state index contributed by atoms with van der Waals surface area (Å²) >= 11 is 0. The molecule has 1 aliphatic rings. The predicted molar refractivity (Wildman–Crippen MR) is 137 cm³/mol. The summed E-state index contributed by atoms with van der Waals surface area (Å²) in [6.07, 6.45) is 0. The van der Waals surface area contributed by atoms with Gasteiger partial charge in [-0.05, 0) is 49.7 Å². The number of sulfonamides is 1. The SMILES string of the molecule is Cc1cccc(NS(=O)(=O)c2cccc(C(=O)N3CCN(c4cc(C)nc(C(C)C)n4)CC3)c2)c1. The molecule has 0 aliphatic carbocycles. The minimum Gasteiger partial charge on any atom is -0.353 e. The van der Waals surface area contributed by atoms with Gasteiger partial charge in [-0.25, -0.2) is 18.4 Å². The standard InChI is InChI=1S/C26H31N5O3S/c1-18(2)25-27-20(4)16-24(28-25)30-11-13-31(14-12-30)26(32)21-8-6-10-23(17-21)35(33,34)29-22-9-5-7-19(3)15-22/h5-10,15-18,29H,11-14H2,1-4H3. The molecule has 9 heteroatoms. The fourth-order valence-corrected chi connectivity index (χ4v) is 5.13. The Morgan fingerprint density at radius 2 is 1.66 bits per heavy atom. The normalized spacial score (nSPS) is 14.3. The van der Waals surface area contributed by atoms with Crippen LogP contribution in [0.25, 0.3) is 0 Å². The zero-order chi connectivity index (χ0) is 25.2. The maximum atomic E-state index is 13.2. The van der Waals surface area contributed by atoms with Crippen LogP contribution in [0.5, 0.6) is 0 Å². The molecule has 4 rings (SSSR count). The Kier molecular flexibility index (Phi) is 7.07. The molecular weight excluding hydrogens is 462 g/mol. The van der Waals surface area contributed by atoms with Crippen LogP contribution < -0.4 is 9.62 Å². The van der Waals surface area contributed by atoms with Gasteiger partial charge >= 0.3 is 0 Å². The van der Waals surface area contributed by atoms with Crippen molar-refractivity contribution in [1.82, 2.24) is 14.9 Å². The van der Waals surface area contributed by atoms with Gasteiger partial charge in [-0.2, -0.15) is 0 Å². The highest BCUT2D eigenvalue weighted by Gasteiger charge is 2.25. The first-order chi connectivity index (χ1) is 16.6. The van der Waals surface area contributed by atoms with Gasteiger partial charge in [-0.15, -0.1) is 0 Å². The van der Waals surface area contributed by atoms with E-state index in [9.17, 15) is 13.2 Å². The second kappa shape index (κ2) is 10.0. The van der Waals surface area contributed by atoms with Crippen molar-refractivity contribution in [2.24, 2.45) is 0 Å². The van der Waals surface area contributed by atoms with Gasteiger partial charge < -0.3 is 9.80 Å². The van der Waals surface area contributed by atoms with E-state index in [0.717, 1.165) is 22.9 Å². The molecule has 2 heterocycles. The van der Waals surface area contributed by atoms with Crippen molar-refractivity contribution < 1.29 is 13.2 Å². The number of piperazine rings is 1. The van der Waals surface area contributed by atoms with Crippen molar-refractivity contribution >= 4 is 27.4 Å². The quantitative estimate of drug-likeness (QED) is 0.558. The predicted octanol–water partition coefficient (Wildman–Crippen LogP) is 3.98. The Labute approximate surface area is 207 Å². The Morgan fingerprint density at radius 1 is 0.943 bits per heavy atom. The molecule has 8 nitrogen and oxygen atoms in total. The monoisotopic (exact) mass is 493 g/mol. The van der Waals surface area contributed by atoms with E-state index in [4.69, 9.17) is 4.98 Å². The van der Waals surface area contributed by atoms with Crippen LogP contribution >= 0.6 is 0 Å². The molecule has 1 saturated heterocycles. The van der Waals surface area contributed by atoms with Gasteiger partial charge in [0.25, 0.3) is 15.9 Å². The second-order valence-corrected chi connectivity index (χ2v) is 10.8. The molecule has 0 radical (unpaired) electrons. The number of anilines is 2. The summed E-state index contributed by atoms with van der Waals surface area (Å²) in [7, 11) is -3.82. The zero-order valence-corrected chi connectivity index (χ0v) is 21.3. The van der Waals surface area contributed by atoms with Gasteiger partial charge in [0.15, 0.2) is 0 Å². The Morgan fingerprint density at radius 3 is 2.34 bits per heavy atom. The van der Waals surface area contributed by atoms with Crippen molar-refractivity contribution in [1.29, 1.82) is 0 Å². The highest BCUT2D eigenvalue weighted by atomic mass is 32.2. The molecular formula is C26H31N5O3S. The second-order valence-electron chi connectivity index (χ2n) is 9.16. The number of benzene rings is 2. The lowest BCUT2D eigenvalue weighted by molar-refractivity contribution is 0.0746. The number of hydrogen-bond acceptors (Lipinski definition) is 6. The highest BCUT2D eigenvalue weighted by Crippen LogP contribution is 2.21. The molecule has 1 aliphatic heterocycles. The van der Waals surface area contributed by atoms with Gasteiger partial charge in [-0.3, -0.25) is 9.52 Å². The van der Waals surface area contributed by atoms with Crippen LogP contribution in [0.2, 0.25) is 0 Å². The number of nitrogens with zero attached hydrogens (tertiary/aromatic N) is 4. The molecule has 1 N–H and O–H groups in total. The average molecular weight is 494 g/mol. The van der Waals surface area contributed by atoms with Crippen LogP contribution in [-0.2, 0) is 10.0 Å². The number of nitrogens with one attached hydrogen (secondary N) is 1. The van der Waals surface area contributed by atoms with Crippen LogP contribution in [0.1, 0.15) is 47.2 Å². The number of hydrogen-bond donors (Lipinski definition) is 1. The van der Waals surface area contributed by atoms with Crippen LogP contribution in [0, 0.1) is 13.8 Å². The van der Waals surface area contributed by atoms with E-state index in [2.05, 4.69) is 28.5 Å². The molecule has 0 atom stereocenters. The number of aromatic nitrogens is 2. The lowest BCUT2D eigenvalue weighted by Crippen LogP contribution is -2.49. The number of amides is 1. The third-order valence-electron chi connectivity index (χ3n) is 5.93. The van der Waals surface area contributed by atoms with Crippen molar-refractivity contribution in [3.8, 4) is 0 Å². The van der Waals surface area contributed by atoms with E-state index in [1.807, 2.05) is 26.0 Å². The van der Waals surface area contributed by atoms with Crippen molar-refractivity contribution in [2.75, 3.05) is 35.8 Å². The Balaban J connectivity index is 1.45. The lowest BCUT2D eigenvalue weighted by Gasteiger charge is -2.35. The molecule has 0 unspecified atom stereocenters. The third-order valence-corrected chi connectivity index (χ3v) is 7.31. The number of rotatable bonds is 6. The van der Waals surface area contributed by atoms with Gasteiger partial charge in [-0.1, -0.05) is 32.0 Å². The van der Waals surface area contributed by atoms with E-state index in [-0.39, 0.29) is 16.7 Å². The van der Waals surface area contributed by atoms with E-state index in [1.165, 1.54) is 12.1 Å². The summed E-state index contributed by atoms with van der Waals surface area (Å²) in [5.74, 6) is 1.75. The minimum atomic E-state index is -3.82. The number of carbonyl (C=O) groups excluding carboxylic acids is 1. The van der Waals surface area contributed by atoms with Crippen LogP contribution in [0.3, 0.4) is 0 Å². The van der Waals surface area contributed by atoms with Gasteiger partial charge in [0.1, 0.15) is 11.6 Å². The summed E-state index contributed by atoms with van der Waals surface area (Å²) in [5, 5.41) is 0. The molecule has 35 heavy (non-hydrogen) atoms. The topological polar surface area (TPSA) is 95.5 Å². The van der Waals surface area contributed by atoms with Gasteiger partial charge in [0.05, 0.1) is 4.90 Å². The van der Waals surface area contributed by atoms with Crippen molar-refractivity contribution in [3.05, 3.63) is 77.2 Å². The molecule has 3 aromatic rings. The Bertz CT molecular complexity index is 1330. The average Bonchev–Trinajstić information content (AvgIpc) is 2.83. The minimum absolute atomic E-state index is 0.0566. The fourth-order valence-electron chi connectivity index (χ4n) is 4.03. The molecule has 184 valence electrons. The van der Waals surface area contributed by atoms with Gasteiger partial charge in [0, 0.05) is 55.1 Å². The van der Waals surface area contributed by atoms with Crippen LogP contribution in [0.15, 0.2) is 59.5 Å². The Hall–Kier alpha value is -3.46. The summed E-state index contributed by atoms with van der Waals surface area (Å²) in [6.45, 7) is 10.3. The summed E-state index contributed by atoms with van der Waals surface area (Å²) in [6, 6.07) is 15.3. The fraction of sp³-hybridized carbons (Fsp3) is 0.346. The summed E-state index contributed by atoms with van der Waals surface area (Å²) < 4.78 is 28.4. The third kappa shape index (κ3) is 5.79. The first-order valence-corrected chi connectivity index (χ1v) is 13.2. The first-order valence-electron chi connectivity index (χ1n) is 11.7. The summed E-state index contributed by atoms with van der Waals surface area (Å²) in [4.78, 5) is 26.4. The largest absolute Gasteiger partial charge is 0.353 e. The zero-order valence-electron chi connectivity index (χ0n) is 20.5. The molecule has 2 aromatic carbocycles. The van der Waals surface area contributed by atoms with Crippen LogP contribution in [-0.4, -0.2) is 55.4 Å². The molecule has 0 spiro atoms. The lowest BCUT2D eigenvalue weighted by atomic mass is 10.1. The van der Waals surface area contributed by atoms with Crippen molar-refractivity contribution in [2.45, 2.75) is 38.5 Å². The smallest absolute Gasteiger partial charge is 0.261 e. The van der Waals surface area contributed by atoms with E-state index >= 15 is 0 Å². The van der Waals surface area contributed by atoms with E-state index < -0.39 is 10.0 Å². The molecule has 1 amide bonds. The van der Waals surface area contributed by atoms with Crippen molar-refractivity contribution in [3.63, 3.8) is 0 Å². The molecule has 1 fully saturated rings. The number of aryl methyl sites for hydroxylation is 2. The maximum absolute atomic E-state index is 13.2. The molecule has 0 bridgehead atoms. The maximum Gasteiger partial charge on any atom is 0.261 e. The highest BCUT2D eigenvalue weighted by molar-refractivity contribution is 7.92. The number of carbonyl (C=O) groups is 1. The first kappa shape index (κ1) is 24.7.